The van der Waals surface area contributed by atoms with E-state index in [1.54, 1.807) is 35.0 Å². The molecular formula is C28H36ClN7O2S2. The molecule has 9 nitrogen and oxygen atoms in total. The molecule has 0 fully saturated rings. The molecule has 0 aliphatic heterocycles. The second kappa shape index (κ2) is 12.3. The zero-order chi connectivity index (χ0) is 29.1. The van der Waals surface area contributed by atoms with E-state index in [1.807, 2.05) is 32.9 Å². The van der Waals surface area contributed by atoms with Crippen molar-refractivity contribution in [2.45, 2.75) is 70.6 Å². The summed E-state index contributed by atoms with van der Waals surface area (Å²) in [6.07, 6.45) is 4.13. The summed E-state index contributed by atoms with van der Waals surface area (Å²) in [5.41, 5.74) is 8.63. The van der Waals surface area contributed by atoms with Gasteiger partial charge in [-0.2, -0.15) is 5.10 Å². The average Bonchev–Trinajstić information content (AvgIpc) is 3.47. The van der Waals surface area contributed by atoms with Crippen LogP contribution in [0, 0.1) is 5.92 Å². The molecule has 12 heteroatoms. The highest BCUT2D eigenvalue weighted by Gasteiger charge is 2.27. The van der Waals surface area contributed by atoms with Crippen LogP contribution in [-0.2, 0) is 15.4 Å². The summed E-state index contributed by atoms with van der Waals surface area (Å²) in [5, 5.41) is 14.6. The third-order valence-corrected chi connectivity index (χ3v) is 9.27. The van der Waals surface area contributed by atoms with Gasteiger partial charge in [-0.25, -0.2) is 22.8 Å². The minimum atomic E-state index is -3.64. The molecule has 0 aliphatic rings. The van der Waals surface area contributed by atoms with Crippen LogP contribution in [0.1, 0.15) is 66.0 Å². The molecule has 0 saturated carbocycles. The van der Waals surface area contributed by atoms with Gasteiger partial charge in [0.1, 0.15) is 0 Å². The quantitative estimate of drug-likeness (QED) is 0.169. The van der Waals surface area contributed by atoms with E-state index in [4.69, 9.17) is 22.4 Å². The van der Waals surface area contributed by atoms with Gasteiger partial charge in [0.25, 0.3) is 0 Å². The number of hydrogen-bond acceptors (Lipinski definition) is 8. The van der Waals surface area contributed by atoms with E-state index >= 15 is 0 Å². The summed E-state index contributed by atoms with van der Waals surface area (Å²) in [6.45, 7) is 10.7. The summed E-state index contributed by atoms with van der Waals surface area (Å²) in [7, 11) is -3.64. The number of anilines is 1. The number of nitrogen functional groups attached to an aromatic ring is 1. The third kappa shape index (κ3) is 6.88. The molecule has 4 rings (SSSR count). The highest BCUT2D eigenvalue weighted by molar-refractivity contribution is 7.89. The van der Waals surface area contributed by atoms with Gasteiger partial charge in [0.05, 0.1) is 26.5 Å². The minimum Gasteiger partial charge on any atom is -0.382 e. The average molecular weight is 602 g/mol. The number of hydrogen-bond donors (Lipinski definition) is 2. The molecule has 0 spiro atoms. The van der Waals surface area contributed by atoms with E-state index in [0.29, 0.717) is 45.5 Å². The number of halogens is 1. The first-order chi connectivity index (χ1) is 18.9. The Labute approximate surface area is 244 Å². The van der Waals surface area contributed by atoms with Crippen LogP contribution >= 0.6 is 22.9 Å². The number of aromatic nitrogens is 3. The zero-order valence-electron chi connectivity index (χ0n) is 23.5. The summed E-state index contributed by atoms with van der Waals surface area (Å²) < 4.78 is 31.2. The van der Waals surface area contributed by atoms with E-state index < -0.39 is 10.0 Å². The van der Waals surface area contributed by atoms with E-state index in [2.05, 4.69) is 33.8 Å². The van der Waals surface area contributed by atoms with Gasteiger partial charge in [0.15, 0.2) is 11.5 Å². The smallest absolute Gasteiger partial charge is 0.240 e. The van der Waals surface area contributed by atoms with Crippen LogP contribution in [0.3, 0.4) is 0 Å². The monoisotopic (exact) mass is 601 g/mol. The SMILES string of the molecule is CCCCC(CC)CNS(=O)(=O)c1ccc(-n2nc(C(C)(C)C)c(N=Nc3nc4cc(Cl)ccc4s3)c2N)cc1. The fourth-order valence-electron chi connectivity index (χ4n) is 4.27. The lowest BCUT2D eigenvalue weighted by molar-refractivity contribution is 0.444. The first-order valence-corrected chi connectivity index (χ1v) is 16.1. The summed E-state index contributed by atoms with van der Waals surface area (Å²) >= 11 is 7.49. The molecule has 0 saturated heterocycles. The van der Waals surface area contributed by atoms with E-state index in [9.17, 15) is 8.42 Å². The molecule has 214 valence electrons. The number of azo groups is 1. The van der Waals surface area contributed by atoms with Crippen LogP contribution in [0.25, 0.3) is 15.9 Å². The number of fused-ring (bicyclic) bond motifs is 1. The molecule has 2 heterocycles. The normalized spacial score (nSPS) is 13.4. The van der Waals surface area contributed by atoms with Crippen molar-refractivity contribution in [2.24, 2.45) is 16.1 Å². The molecule has 0 bridgehead atoms. The zero-order valence-corrected chi connectivity index (χ0v) is 25.9. The lowest BCUT2D eigenvalue weighted by Gasteiger charge is -2.16. The Kier molecular flexibility index (Phi) is 9.29. The number of sulfonamides is 1. The van der Waals surface area contributed by atoms with Gasteiger partial charge in [-0.1, -0.05) is 76.8 Å². The topological polar surface area (TPSA) is 128 Å². The summed E-state index contributed by atoms with van der Waals surface area (Å²) in [6, 6.07) is 12.0. The Morgan fingerprint density at radius 1 is 1.12 bits per heavy atom. The van der Waals surface area contributed by atoms with Crippen molar-refractivity contribution in [3.8, 4) is 5.69 Å². The number of unbranched alkanes of at least 4 members (excludes halogenated alkanes) is 1. The van der Waals surface area contributed by atoms with Crippen molar-refractivity contribution in [3.05, 3.63) is 53.2 Å². The minimum absolute atomic E-state index is 0.194. The maximum absolute atomic E-state index is 12.9. The molecule has 3 N–H and O–H groups in total. The van der Waals surface area contributed by atoms with Crippen molar-refractivity contribution >= 4 is 59.8 Å². The Balaban J connectivity index is 1.60. The van der Waals surface area contributed by atoms with Crippen molar-refractivity contribution in [2.75, 3.05) is 12.3 Å². The van der Waals surface area contributed by atoms with E-state index in [-0.39, 0.29) is 10.3 Å². The van der Waals surface area contributed by atoms with E-state index in [0.717, 1.165) is 35.9 Å². The molecule has 1 unspecified atom stereocenters. The molecule has 2 aromatic heterocycles. The van der Waals surface area contributed by atoms with Gasteiger partial charge in [-0.3, -0.25) is 0 Å². The van der Waals surface area contributed by atoms with Gasteiger partial charge in [-0.15, -0.1) is 10.2 Å². The van der Waals surface area contributed by atoms with Crippen LogP contribution in [0.5, 0.6) is 0 Å². The molecule has 0 radical (unpaired) electrons. The lowest BCUT2D eigenvalue weighted by atomic mass is 9.91. The molecule has 1 atom stereocenters. The number of thiazole rings is 1. The van der Waals surface area contributed by atoms with Gasteiger partial charge >= 0.3 is 0 Å². The molecule has 4 aromatic rings. The molecule has 0 aliphatic carbocycles. The molecule has 40 heavy (non-hydrogen) atoms. The summed E-state index contributed by atoms with van der Waals surface area (Å²) in [4.78, 5) is 4.69. The van der Waals surface area contributed by atoms with Crippen LogP contribution in [0.2, 0.25) is 5.02 Å². The maximum atomic E-state index is 12.9. The number of rotatable bonds is 11. The Morgan fingerprint density at radius 3 is 2.50 bits per heavy atom. The Hall–Kier alpha value is -2.86. The number of nitrogens with zero attached hydrogens (tertiary/aromatic N) is 5. The first-order valence-electron chi connectivity index (χ1n) is 13.4. The van der Waals surface area contributed by atoms with Crippen LogP contribution in [-0.4, -0.2) is 29.7 Å². The standard InChI is InChI=1S/C28H36ClN7O2S2/c1-6-8-9-18(7-2)17-31-40(37,38)21-13-11-20(12-14-21)36-26(30)24(25(35-36)28(3,4)5)33-34-27-32-22-16-19(29)10-15-23(22)39-27/h10-16,18,31H,6-9,17,30H2,1-5H3. The highest BCUT2D eigenvalue weighted by atomic mass is 35.5. The predicted molar refractivity (Wildman–Crippen MR) is 164 cm³/mol. The number of benzene rings is 2. The Morgan fingerprint density at radius 2 is 1.85 bits per heavy atom. The second-order valence-electron chi connectivity index (χ2n) is 10.8. The van der Waals surface area contributed by atoms with Crippen molar-refractivity contribution in [1.29, 1.82) is 0 Å². The van der Waals surface area contributed by atoms with Gasteiger partial charge in [-0.05, 0) is 54.8 Å². The highest BCUT2D eigenvalue weighted by Crippen LogP contribution is 2.39. The Bertz CT molecular complexity index is 1600. The van der Waals surface area contributed by atoms with Gasteiger partial charge in [0.2, 0.25) is 15.2 Å². The molecule has 2 aromatic carbocycles. The lowest BCUT2D eigenvalue weighted by Crippen LogP contribution is -2.29. The van der Waals surface area contributed by atoms with Crippen LogP contribution in [0.4, 0.5) is 16.6 Å². The van der Waals surface area contributed by atoms with Gasteiger partial charge in [0, 0.05) is 17.0 Å². The number of nitrogens with one attached hydrogen (secondary N) is 1. The van der Waals surface area contributed by atoms with Gasteiger partial charge < -0.3 is 5.73 Å². The van der Waals surface area contributed by atoms with Crippen molar-refractivity contribution < 1.29 is 8.42 Å². The molecular weight excluding hydrogens is 566 g/mol. The fraction of sp³-hybridized carbons (Fsp3) is 0.429. The maximum Gasteiger partial charge on any atom is 0.240 e. The third-order valence-electron chi connectivity index (χ3n) is 6.68. The van der Waals surface area contributed by atoms with Crippen molar-refractivity contribution in [3.63, 3.8) is 0 Å². The van der Waals surface area contributed by atoms with Crippen molar-refractivity contribution in [1.82, 2.24) is 19.5 Å². The van der Waals surface area contributed by atoms with Crippen LogP contribution < -0.4 is 10.5 Å². The van der Waals surface area contributed by atoms with E-state index in [1.165, 1.54) is 11.3 Å². The molecule has 0 amide bonds. The predicted octanol–water partition coefficient (Wildman–Crippen LogP) is 7.93. The fourth-order valence-corrected chi connectivity index (χ4v) is 6.32. The second-order valence-corrected chi connectivity index (χ2v) is 14.0. The largest absolute Gasteiger partial charge is 0.382 e. The van der Waals surface area contributed by atoms with Crippen LogP contribution in [0.15, 0.2) is 57.6 Å². The first kappa shape index (κ1) is 30.1. The number of nitrogens with two attached hydrogens (primary N) is 1. The summed E-state index contributed by atoms with van der Waals surface area (Å²) in [5.74, 6) is 0.620.